The predicted octanol–water partition coefficient (Wildman–Crippen LogP) is 1.47. The quantitative estimate of drug-likeness (QED) is 0.0637. The van der Waals surface area contributed by atoms with E-state index in [0.717, 1.165) is 54.1 Å². The summed E-state index contributed by atoms with van der Waals surface area (Å²) in [6, 6.07) is 10.0. The van der Waals surface area contributed by atoms with Crippen LogP contribution in [0.15, 0.2) is 65.8 Å². The summed E-state index contributed by atoms with van der Waals surface area (Å²) >= 11 is 0. The molecule has 3 aromatic rings. The molecule has 1 aliphatic carbocycles. The first kappa shape index (κ1) is 49.6. The first-order valence-electron chi connectivity index (χ1n) is 22.9. The lowest BCUT2D eigenvalue weighted by Crippen LogP contribution is -2.61. The maximum atomic E-state index is 14.6. The Labute approximate surface area is 380 Å². The van der Waals surface area contributed by atoms with Crippen LogP contribution < -0.4 is 48.7 Å². The fraction of sp³-hybridized carbons (Fsp3) is 0.532. The number of aromatic nitrogens is 1. The molecule has 12 N–H and O–H groups in total. The number of amides is 7. The van der Waals surface area contributed by atoms with Crippen LogP contribution in [0.3, 0.4) is 0 Å². The number of para-hydroxylation sites is 1. The normalized spacial score (nSPS) is 22.5. The molecule has 6 atom stereocenters. The van der Waals surface area contributed by atoms with E-state index in [-0.39, 0.29) is 57.1 Å². The summed E-state index contributed by atoms with van der Waals surface area (Å²) in [7, 11) is 0. The second kappa shape index (κ2) is 24.6. The fourth-order valence-electron chi connectivity index (χ4n) is 8.57. The Morgan fingerprint density at radius 3 is 2.15 bits per heavy atom. The van der Waals surface area contributed by atoms with Gasteiger partial charge < -0.3 is 53.7 Å². The number of aromatic amines is 1. The average Bonchev–Trinajstić information content (AvgIpc) is 3.69. The van der Waals surface area contributed by atoms with Crippen molar-refractivity contribution in [3.8, 4) is 0 Å². The van der Waals surface area contributed by atoms with Gasteiger partial charge in [0.05, 0.1) is 0 Å². The first-order valence-corrected chi connectivity index (χ1v) is 22.9. The summed E-state index contributed by atoms with van der Waals surface area (Å²) in [5.41, 5.74) is 13.5. The van der Waals surface area contributed by atoms with Crippen LogP contribution in [0.25, 0.3) is 10.9 Å². The zero-order chi connectivity index (χ0) is 46.9. The van der Waals surface area contributed by atoms with E-state index in [1.165, 1.54) is 6.92 Å². The highest BCUT2D eigenvalue weighted by molar-refractivity contribution is 5.97. The predicted molar refractivity (Wildman–Crippen MR) is 248 cm³/mol. The van der Waals surface area contributed by atoms with Crippen molar-refractivity contribution in [3.05, 3.63) is 71.9 Å². The molecule has 0 spiro atoms. The lowest BCUT2D eigenvalue weighted by molar-refractivity contribution is -0.136. The summed E-state index contributed by atoms with van der Waals surface area (Å²) in [6.45, 7) is 5.06. The summed E-state index contributed by atoms with van der Waals surface area (Å²) in [5.74, 6) is -4.45. The lowest BCUT2D eigenvalue weighted by atomic mass is 9.84. The van der Waals surface area contributed by atoms with E-state index in [1.54, 1.807) is 20.0 Å². The zero-order valence-electron chi connectivity index (χ0n) is 37.8. The smallest absolute Gasteiger partial charge is 0.243 e. The van der Waals surface area contributed by atoms with E-state index in [2.05, 4.69) is 47.2 Å². The number of carbonyl (C=O) groups is 7. The van der Waals surface area contributed by atoms with Gasteiger partial charge >= 0.3 is 0 Å². The van der Waals surface area contributed by atoms with Crippen molar-refractivity contribution in [2.24, 2.45) is 28.3 Å². The first-order chi connectivity index (χ1) is 31.2. The van der Waals surface area contributed by atoms with Gasteiger partial charge in [-0.1, -0.05) is 94.5 Å². The molecule has 1 aliphatic heterocycles. The Balaban J connectivity index is 1.48. The minimum atomic E-state index is -1.19. The molecule has 18 heteroatoms. The highest BCUT2D eigenvalue weighted by atomic mass is 16.2. The summed E-state index contributed by atoms with van der Waals surface area (Å²) in [4.78, 5) is 105. The van der Waals surface area contributed by atoms with E-state index in [0.29, 0.717) is 12.8 Å². The Morgan fingerprint density at radius 1 is 0.769 bits per heavy atom. The SMILES string of the molecule is CC(=O)N[C@@H](Cc1ccccc1)C(=O)N[C@H]1CCCNC(=O)C(CCCN=C(N)N)NC(=O)C(Cc2c[nH]c3ccccc23)NC(=O)[C@@H](CC2CCCCC2)NC(=O)C(C(C)C)NC1=O. The average molecular weight is 898 g/mol. The fourth-order valence-corrected chi connectivity index (χ4v) is 8.57. The molecule has 0 bridgehead atoms. The Hall–Kier alpha value is -6.46. The number of guanidine groups is 1. The Morgan fingerprint density at radius 2 is 1.45 bits per heavy atom. The minimum absolute atomic E-state index is 0.0311. The maximum absolute atomic E-state index is 14.6. The molecule has 3 unspecified atom stereocenters. The Bertz CT molecular complexity index is 2130. The topological polar surface area (TPSA) is 284 Å². The molecule has 7 amide bonds. The van der Waals surface area contributed by atoms with Gasteiger partial charge in [0.1, 0.15) is 36.3 Å². The van der Waals surface area contributed by atoms with Crippen LogP contribution in [0.2, 0.25) is 0 Å². The number of aliphatic imine (C=N–C) groups is 1. The highest BCUT2D eigenvalue weighted by Crippen LogP contribution is 2.28. The van der Waals surface area contributed by atoms with Gasteiger partial charge in [0.15, 0.2) is 5.96 Å². The number of rotatable bonds is 14. The second-order valence-corrected chi connectivity index (χ2v) is 17.6. The monoisotopic (exact) mass is 898 g/mol. The lowest BCUT2D eigenvalue weighted by Gasteiger charge is -2.31. The molecule has 1 aromatic heterocycles. The van der Waals surface area contributed by atoms with Crippen molar-refractivity contribution in [1.29, 1.82) is 0 Å². The maximum Gasteiger partial charge on any atom is 0.243 e. The number of carbonyl (C=O) groups excluding carboxylic acids is 7. The van der Waals surface area contributed by atoms with Gasteiger partial charge in [0, 0.05) is 50.0 Å². The number of hydrogen-bond acceptors (Lipinski definition) is 8. The third-order valence-corrected chi connectivity index (χ3v) is 12.1. The van der Waals surface area contributed by atoms with Crippen molar-refractivity contribution >= 4 is 58.2 Å². The number of benzene rings is 2. The van der Waals surface area contributed by atoms with E-state index in [1.807, 2.05) is 54.6 Å². The van der Waals surface area contributed by atoms with Gasteiger partial charge in [-0.05, 0) is 61.1 Å². The van der Waals surface area contributed by atoms with E-state index in [4.69, 9.17) is 11.5 Å². The summed E-state index contributed by atoms with van der Waals surface area (Å²) in [6.07, 6.45) is 7.78. The summed E-state index contributed by atoms with van der Waals surface area (Å²) < 4.78 is 0. The second-order valence-electron chi connectivity index (χ2n) is 17.6. The van der Waals surface area contributed by atoms with Crippen molar-refractivity contribution in [1.82, 2.24) is 42.2 Å². The van der Waals surface area contributed by atoms with Crippen molar-refractivity contribution in [3.63, 3.8) is 0 Å². The number of nitrogens with one attached hydrogen (secondary N) is 8. The van der Waals surface area contributed by atoms with Crippen molar-refractivity contribution < 1.29 is 33.6 Å². The minimum Gasteiger partial charge on any atom is -0.370 e. The van der Waals surface area contributed by atoms with Crippen LogP contribution in [-0.4, -0.2) is 102 Å². The van der Waals surface area contributed by atoms with Gasteiger partial charge in [-0.15, -0.1) is 0 Å². The standard InChI is InChI=1S/C47H67N11O7/c1-28(2)40-46(65)57-38(25-31-16-8-5-9-17-31)44(63)56-39(26-32-27-52-34-19-11-10-18-33(32)34)45(64)54-35(20-13-23-51-47(48)49)41(60)50-22-12-21-36(42(61)58-40)55-43(62)37(53-29(3)59)24-30-14-6-4-7-15-30/h4,6-7,10-11,14-15,18-19,27-28,31,35-40,52H,5,8-9,12-13,16-17,20-26H2,1-3H3,(H,50,60)(H,53,59)(H,54,64)(H,55,62)(H,56,63)(H,57,65)(H,58,61)(H4,48,49,51)/t35?,36-,37-,38+,39?,40?/m0/s1. The third-order valence-electron chi connectivity index (χ3n) is 12.1. The molecular weight excluding hydrogens is 831 g/mol. The number of fused-ring (bicyclic) bond motifs is 1. The van der Waals surface area contributed by atoms with E-state index < -0.39 is 83.5 Å². The molecule has 2 aliphatic rings. The van der Waals surface area contributed by atoms with Crippen LogP contribution in [0.5, 0.6) is 0 Å². The van der Waals surface area contributed by atoms with Crippen LogP contribution in [0, 0.1) is 11.8 Å². The van der Waals surface area contributed by atoms with Crippen LogP contribution in [0.4, 0.5) is 0 Å². The molecular formula is C47H67N11O7. The Kier molecular flexibility index (Phi) is 18.7. The van der Waals surface area contributed by atoms with Gasteiger partial charge in [0.25, 0.3) is 0 Å². The number of H-pyrrole nitrogens is 1. The van der Waals surface area contributed by atoms with Gasteiger partial charge in [-0.2, -0.15) is 0 Å². The van der Waals surface area contributed by atoms with Crippen molar-refractivity contribution in [2.45, 2.75) is 134 Å². The number of nitrogens with two attached hydrogens (primary N) is 2. The molecule has 2 heterocycles. The molecule has 2 fully saturated rings. The molecule has 2 aromatic carbocycles. The highest BCUT2D eigenvalue weighted by Gasteiger charge is 2.36. The van der Waals surface area contributed by atoms with Crippen LogP contribution in [-0.2, 0) is 46.4 Å². The number of hydrogen-bond donors (Lipinski definition) is 10. The molecule has 5 rings (SSSR count). The van der Waals surface area contributed by atoms with Crippen LogP contribution in [0.1, 0.15) is 96.1 Å². The molecule has 1 saturated carbocycles. The summed E-state index contributed by atoms with van der Waals surface area (Å²) in [5, 5.41) is 20.8. The molecule has 0 radical (unpaired) electrons. The van der Waals surface area contributed by atoms with E-state index in [9.17, 15) is 33.6 Å². The molecule has 1 saturated heterocycles. The molecule has 18 nitrogen and oxygen atoms in total. The van der Waals surface area contributed by atoms with E-state index >= 15 is 0 Å². The molecule has 352 valence electrons. The van der Waals surface area contributed by atoms with Crippen molar-refractivity contribution in [2.75, 3.05) is 13.1 Å². The zero-order valence-corrected chi connectivity index (χ0v) is 37.8. The number of nitrogens with zero attached hydrogens (tertiary/aromatic N) is 1. The largest absolute Gasteiger partial charge is 0.370 e. The molecule has 65 heavy (non-hydrogen) atoms. The van der Waals surface area contributed by atoms with Gasteiger partial charge in [-0.3, -0.25) is 38.6 Å². The van der Waals surface area contributed by atoms with Crippen LogP contribution >= 0.6 is 0 Å². The third kappa shape index (κ3) is 15.3. The van der Waals surface area contributed by atoms with Gasteiger partial charge in [-0.25, -0.2) is 0 Å². The van der Waals surface area contributed by atoms with Gasteiger partial charge in [0.2, 0.25) is 41.4 Å².